The summed E-state index contributed by atoms with van der Waals surface area (Å²) in [5.41, 5.74) is 0. The molecule has 1 aromatic rings. The van der Waals surface area contributed by atoms with E-state index >= 15 is 0 Å². The van der Waals surface area contributed by atoms with Gasteiger partial charge in [0.25, 0.3) is 0 Å². The molecule has 1 saturated carbocycles. The molecule has 2 aliphatic carbocycles. The summed E-state index contributed by atoms with van der Waals surface area (Å²) in [6.45, 7) is 1.16. The van der Waals surface area contributed by atoms with Crippen molar-refractivity contribution in [3.63, 3.8) is 0 Å². The number of hydrogen-bond acceptors (Lipinski definition) is 6. The zero-order chi connectivity index (χ0) is 24.9. The van der Waals surface area contributed by atoms with Crippen molar-refractivity contribution in [2.45, 2.75) is 57.4 Å². The van der Waals surface area contributed by atoms with E-state index in [-0.39, 0.29) is 12.0 Å². The van der Waals surface area contributed by atoms with E-state index in [9.17, 15) is 9.59 Å². The monoisotopic (exact) mass is 476 g/mol. The molecular formula is C26H40N2O6. The van der Waals surface area contributed by atoms with E-state index < -0.39 is 5.97 Å². The van der Waals surface area contributed by atoms with E-state index in [4.69, 9.17) is 19.3 Å². The number of rotatable bonds is 4. The molecule has 4 rings (SSSR count). The number of carbonyl (C=O) groups is 2. The van der Waals surface area contributed by atoms with Gasteiger partial charge >= 0.3 is 12.1 Å². The zero-order valence-corrected chi connectivity index (χ0v) is 20.9. The molecule has 3 aliphatic rings. The molecule has 0 bridgehead atoms. The van der Waals surface area contributed by atoms with E-state index in [1.54, 1.807) is 21.3 Å². The van der Waals surface area contributed by atoms with Gasteiger partial charge in [-0.3, -0.25) is 4.79 Å². The van der Waals surface area contributed by atoms with Gasteiger partial charge in [-0.1, -0.05) is 31.4 Å². The van der Waals surface area contributed by atoms with Crippen LogP contribution in [0, 0.1) is 11.8 Å². The molecule has 2 unspecified atom stereocenters. The largest absolute Gasteiger partial charge is 0.493 e. The lowest BCUT2D eigenvalue weighted by molar-refractivity contribution is -0.142. The third kappa shape index (κ3) is 8.56. The van der Waals surface area contributed by atoms with Crippen molar-refractivity contribution in [1.82, 2.24) is 10.2 Å². The van der Waals surface area contributed by atoms with E-state index in [0.29, 0.717) is 6.04 Å². The number of fused-ring (bicyclic) bond motifs is 1. The van der Waals surface area contributed by atoms with Gasteiger partial charge in [-0.25, -0.2) is 4.79 Å². The second kappa shape index (κ2) is 14.5. The smallest absolute Gasteiger partial charge is 0.412 e. The fourth-order valence-corrected chi connectivity index (χ4v) is 4.65. The summed E-state index contributed by atoms with van der Waals surface area (Å²) in [7, 11) is 6.97. The van der Waals surface area contributed by atoms with Gasteiger partial charge in [0.1, 0.15) is 5.76 Å². The Hall–Kier alpha value is -2.74. The molecule has 1 heterocycles. The number of hydrogen-bond donors (Lipinski definition) is 2. The molecule has 0 aromatic heterocycles. The maximum Gasteiger partial charge on any atom is 0.412 e. The maximum absolute atomic E-state index is 11.1. The van der Waals surface area contributed by atoms with Crippen molar-refractivity contribution in [3.8, 4) is 11.5 Å². The number of amides is 1. The standard InChI is InChI=1S/C11H18N2O2.C8H10O2.C7H12O2/c1-12-11(14)15-9-4-3-8-5-6-13(2)10(8)7-9;1-9-7-5-3-4-6-8(7)10-2;8-7(9)6-4-2-1-3-5-6/h4,8,10H,3,5-7H2,1-2H3,(H,12,14);3-6H,1-2H3;6H,1-5H2,(H,8,9). The first kappa shape index (κ1) is 27.5. The van der Waals surface area contributed by atoms with Crippen LogP contribution in [0.5, 0.6) is 11.5 Å². The molecule has 8 heteroatoms. The van der Waals surface area contributed by atoms with Crippen LogP contribution in [0.25, 0.3) is 0 Å². The van der Waals surface area contributed by atoms with Gasteiger partial charge in [0.2, 0.25) is 0 Å². The maximum atomic E-state index is 11.1. The summed E-state index contributed by atoms with van der Waals surface area (Å²) in [4.78, 5) is 23.8. The highest BCUT2D eigenvalue weighted by atomic mass is 16.6. The third-order valence-electron chi connectivity index (χ3n) is 6.69. The molecule has 0 spiro atoms. The van der Waals surface area contributed by atoms with Crippen molar-refractivity contribution in [2.24, 2.45) is 11.8 Å². The fraction of sp³-hybridized carbons (Fsp3) is 0.615. The van der Waals surface area contributed by atoms with E-state index in [1.807, 2.05) is 24.3 Å². The highest BCUT2D eigenvalue weighted by Crippen LogP contribution is 2.35. The number of ether oxygens (including phenoxy) is 3. The molecule has 0 radical (unpaired) electrons. The Bertz CT molecular complexity index is 783. The molecule has 8 nitrogen and oxygen atoms in total. The molecule has 2 N–H and O–H groups in total. The predicted molar refractivity (Wildman–Crippen MR) is 131 cm³/mol. The summed E-state index contributed by atoms with van der Waals surface area (Å²) in [6.07, 6.45) is 10.1. The Balaban J connectivity index is 0.000000189. The van der Waals surface area contributed by atoms with E-state index in [2.05, 4.69) is 23.3 Å². The highest BCUT2D eigenvalue weighted by Gasteiger charge is 2.35. The van der Waals surface area contributed by atoms with Crippen molar-refractivity contribution < 1.29 is 28.9 Å². The molecule has 1 aliphatic heterocycles. The van der Waals surface area contributed by atoms with Crippen LogP contribution in [0.3, 0.4) is 0 Å². The van der Waals surface area contributed by atoms with Gasteiger partial charge < -0.3 is 29.5 Å². The molecular weight excluding hydrogens is 436 g/mol. The summed E-state index contributed by atoms with van der Waals surface area (Å²) >= 11 is 0. The van der Waals surface area contributed by atoms with Gasteiger partial charge in [-0.15, -0.1) is 0 Å². The van der Waals surface area contributed by atoms with E-state index in [1.165, 1.54) is 12.8 Å². The van der Waals surface area contributed by atoms with Crippen LogP contribution in [0.4, 0.5) is 4.79 Å². The summed E-state index contributed by atoms with van der Waals surface area (Å²) < 4.78 is 15.2. The number of alkyl carbamates (subject to hydrolysis) is 1. The number of nitrogens with one attached hydrogen (secondary N) is 1. The van der Waals surface area contributed by atoms with Crippen molar-refractivity contribution in [2.75, 3.05) is 34.9 Å². The first-order valence-corrected chi connectivity index (χ1v) is 12.1. The number of nitrogens with zero attached hydrogens (tertiary/aromatic N) is 1. The second-order valence-electron chi connectivity index (χ2n) is 8.87. The van der Waals surface area contributed by atoms with Crippen LogP contribution < -0.4 is 14.8 Å². The molecule has 1 amide bonds. The van der Waals surface area contributed by atoms with Gasteiger partial charge in [0, 0.05) is 19.5 Å². The highest BCUT2D eigenvalue weighted by molar-refractivity contribution is 5.70. The quantitative estimate of drug-likeness (QED) is 0.650. The number of allylic oxidation sites excluding steroid dienone is 1. The first-order chi connectivity index (χ1) is 16.4. The Morgan fingerprint density at radius 2 is 1.65 bits per heavy atom. The lowest BCUT2D eigenvalue weighted by Crippen LogP contribution is -2.33. The van der Waals surface area contributed by atoms with Gasteiger partial charge in [0.15, 0.2) is 11.5 Å². The van der Waals surface area contributed by atoms with Crippen LogP contribution >= 0.6 is 0 Å². The van der Waals surface area contributed by atoms with Gasteiger partial charge in [0.05, 0.1) is 20.1 Å². The minimum absolute atomic E-state index is 0.0289. The number of carboxylic acids is 1. The SMILES string of the molecule is CNC(=O)OC1=CCC2CCN(C)C2C1.COc1ccccc1OC.O=C(O)C1CCCCC1. The first-order valence-electron chi connectivity index (χ1n) is 12.1. The molecule has 1 aromatic carbocycles. The zero-order valence-electron chi connectivity index (χ0n) is 20.9. The third-order valence-corrected chi connectivity index (χ3v) is 6.69. The number of aliphatic carboxylic acids is 1. The number of para-hydroxylation sites is 2. The number of carboxylic acid groups (broad SMARTS) is 1. The molecule has 2 atom stereocenters. The Morgan fingerprint density at radius 3 is 2.15 bits per heavy atom. The Morgan fingerprint density at radius 1 is 1.03 bits per heavy atom. The van der Waals surface area contributed by atoms with Crippen LogP contribution in [-0.2, 0) is 9.53 Å². The summed E-state index contributed by atoms with van der Waals surface area (Å²) in [6, 6.07) is 8.09. The number of methoxy groups -OCH3 is 2. The van der Waals surface area contributed by atoms with Crippen molar-refractivity contribution in [1.29, 1.82) is 0 Å². The Kier molecular flexibility index (Phi) is 11.7. The summed E-state index contributed by atoms with van der Waals surface area (Å²) in [5.74, 6) is 2.49. The molecule has 1 saturated heterocycles. The number of benzene rings is 1. The minimum Gasteiger partial charge on any atom is -0.493 e. The van der Waals surface area contributed by atoms with E-state index in [0.717, 1.165) is 68.2 Å². The topological polar surface area (TPSA) is 97.3 Å². The predicted octanol–water partition coefficient (Wildman–Crippen LogP) is 4.70. The fourth-order valence-electron chi connectivity index (χ4n) is 4.65. The average molecular weight is 477 g/mol. The van der Waals surface area contributed by atoms with Crippen LogP contribution in [0.1, 0.15) is 51.4 Å². The Labute approximate surface area is 203 Å². The lowest BCUT2D eigenvalue weighted by Gasteiger charge is -2.28. The molecule has 2 fully saturated rings. The molecule has 190 valence electrons. The average Bonchev–Trinajstić information content (AvgIpc) is 3.25. The number of likely N-dealkylation sites (tertiary alicyclic amines) is 1. The van der Waals surface area contributed by atoms with Crippen molar-refractivity contribution in [3.05, 3.63) is 36.1 Å². The molecule has 34 heavy (non-hydrogen) atoms. The normalized spacial score (nSPS) is 21.9. The second-order valence-corrected chi connectivity index (χ2v) is 8.87. The van der Waals surface area contributed by atoms with Crippen molar-refractivity contribution >= 4 is 12.1 Å². The van der Waals surface area contributed by atoms with Crippen LogP contribution in [0.2, 0.25) is 0 Å². The lowest BCUT2D eigenvalue weighted by atomic mass is 9.89. The van der Waals surface area contributed by atoms with Crippen LogP contribution in [-0.4, -0.2) is 63.0 Å². The van der Waals surface area contributed by atoms with Crippen LogP contribution in [0.15, 0.2) is 36.1 Å². The summed E-state index contributed by atoms with van der Waals surface area (Å²) in [5, 5.41) is 11.0. The van der Waals surface area contributed by atoms with Gasteiger partial charge in [-0.05, 0) is 63.4 Å². The minimum atomic E-state index is -0.602. The van der Waals surface area contributed by atoms with Gasteiger partial charge in [-0.2, -0.15) is 0 Å². The number of carbonyl (C=O) groups excluding carboxylic acids is 1.